The summed E-state index contributed by atoms with van der Waals surface area (Å²) < 4.78 is 34.2. The number of halogens is 2. The normalized spacial score (nSPS) is 14.0. The molecular weight excluding hydrogens is 540 g/mol. The lowest BCUT2D eigenvalue weighted by atomic mass is 10.2. The van der Waals surface area contributed by atoms with E-state index in [9.17, 15) is 8.78 Å². The number of nitrogens with zero attached hydrogens (tertiary/aromatic N) is 8. The van der Waals surface area contributed by atoms with Crippen molar-refractivity contribution in [2.75, 3.05) is 69.0 Å². The second-order valence-electron chi connectivity index (χ2n) is 10.3. The van der Waals surface area contributed by atoms with Crippen LogP contribution in [0.1, 0.15) is 16.8 Å². The standard InChI is InChI=1S/C30H35F2N9O/c1-21-23(6-5-11-39-12-14-40(15-13-39)26-17-24(31)16-25(32)18-26)20-34-41(21)30-36-28(35-29(37-30)38(2)3)33-19-22-7-9-27(42-4)10-8-22/h5-10,16-18,20H,11-15,19H2,1-4H3,(H,33,35,36,37). The van der Waals surface area contributed by atoms with Gasteiger partial charge in [0.25, 0.3) is 5.95 Å². The van der Waals surface area contributed by atoms with Gasteiger partial charge in [-0.25, -0.2) is 13.5 Å². The van der Waals surface area contributed by atoms with Gasteiger partial charge in [-0.3, -0.25) is 4.90 Å². The minimum atomic E-state index is -0.553. The fraction of sp³-hybridized carbons (Fsp3) is 0.333. The van der Waals surface area contributed by atoms with Gasteiger partial charge in [0.2, 0.25) is 11.9 Å². The van der Waals surface area contributed by atoms with Crippen molar-refractivity contribution in [3.8, 4) is 11.7 Å². The average Bonchev–Trinajstić information content (AvgIpc) is 3.36. The largest absolute Gasteiger partial charge is 0.497 e. The Morgan fingerprint density at radius 3 is 2.36 bits per heavy atom. The van der Waals surface area contributed by atoms with E-state index in [2.05, 4.69) is 36.3 Å². The van der Waals surface area contributed by atoms with Crippen molar-refractivity contribution in [2.45, 2.75) is 13.5 Å². The van der Waals surface area contributed by atoms with Crippen molar-refractivity contribution in [3.05, 3.63) is 83.2 Å². The summed E-state index contributed by atoms with van der Waals surface area (Å²) in [4.78, 5) is 19.9. The Bertz CT molecular complexity index is 1510. The fourth-order valence-electron chi connectivity index (χ4n) is 4.68. The van der Waals surface area contributed by atoms with Gasteiger partial charge in [-0.15, -0.1) is 0 Å². The molecule has 0 amide bonds. The van der Waals surface area contributed by atoms with Gasteiger partial charge < -0.3 is 19.9 Å². The molecule has 1 aliphatic heterocycles. The van der Waals surface area contributed by atoms with Gasteiger partial charge >= 0.3 is 0 Å². The van der Waals surface area contributed by atoms with E-state index in [1.165, 1.54) is 12.1 Å². The molecule has 0 saturated carbocycles. The van der Waals surface area contributed by atoms with Crippen molar-refractivity contribution in [3.63, 3.8) is 0 Å². The summed E-state index contributed by atoms with van der Waals surface area (Å²) in [5, 5.41) is 7.85. The van der Waals surface area contributed by atoms with Crippen LogP contribution >= 0.6 is 0 Å². The topological polar surface area (TPSA) is 87.5 Å². The Labute approximate surface area is 244 Å². The molecule has 1 saturated heterocycles. The molecule has 10 nitrogen and oxygen atoms in total. The van der Waals surface area contributed by atoms with Crippen molar-refractivity contribution in [1.29, 1.82) is 0 Å². The highest BCUT2D eigenvalue weighted by atomic mass is 19.1. The van der Waals surface area contributed by atoms with Crippen LogP contribution in [0.3, 0.4) is 0 Å². The number of rotatable bonds is 10. The molecule has 4 aromatic rings. The van der Waals surface area contributed by atoms with Crippen molar-refractivity contribution >= 4 is 23.7 Å². The van der Waals surface area contributed by atoms with Gasteiger partial charge in [-0.05, 0) is 36.8 Å². The zero-order chi connectivity index (χ0) is 29.6. The van der Waals surface area contributed by atoms with Crippen LogP contribution < -0.4 is 19.9 Å². The molecule has 5 rings (SSSR count). The van der Waals surface area contributed by atoms with Crippen LogP contribution in [0, 0.1) is 18.6 Å². The molecule has 0 atom stereocenters. The zero-order valence-corrected chi connectivity index (χ0v) is 24.3. The summed E-state index contributed by atoms with van der Waals surface area (Å²) in [5.41, 5.74) is 3.52. The van der Waals surface area contributed by atoms with E-state index in [1.807, 2.05) is 61.2 Å². The SMILES string of the molecule is COc1ccc(CNc2nc(N(C)C)nc(-n3ncc(C=CCN4CCN(c5cc(F)cc(F)c5)CC4)c3C)n2)cc1. The molecule has 12 heteroatoms. The molecule has 2 aromatic heterocycles. The van der Waals surface area contributed by atoms with E-state index in [4.69, 9.17) is 4.74 Å². The molecule has 0 spiro atoms. The molecule has 1 aliphatic rings. The molecule has 2 aromatic carbocycles. The number of hydrogen-bond donors (Lipinski definition) is 1. The Balaban J connectivity index is 1.22. The second kappa shape index (κ2) is 12.9. The molecule has 220 valence electrons. The first-order chi connectivity index (χ1) is 20.3. The van der Waals surface area contributed by atoms with Gasteiger partial charge in [0.15, 0.2) is 0 Å². The molecule has 0 aliphatic carbocycles. The number of ether oxygens (including phenoxy) is 1. The molecular formula is C30H35F2N9O. The van der Waals surface area contributed by atoms with Gasteiger partial charge in [0.1, 0.15) is 17.4 Å². The quantitative estimate of drug-likeness (QED) is 0.300. The van der Waals surface area contributed by atoms with Crippen LogP contribution in [-0.4, -0.2) is 83.6 Å². The van der Waals surface area contributed by atoms with Gasteiger partial charge in [-0.1, -0.05) is 24.3 Å². The number of piperazine rings is 1. The second-order valence-corrected chi connectivity index (χ2v) is 10.3. The molecule has 0 bridgehead atoms. The number of hydrogen-bond acceptors (Lipinski definition) is 9. The maximum absolute atomic E-state index is 13.6. The monoisotopic (exact) mass is 575 g/mol. The Morgan fingerprint density at radius 2 is 1.69 bits per heavy atom. The summed E-state index contributed by atoms with van der Waals surface area (Å²) in [6.45, 7) is 6.28. The highest BCUT2D eigenvalue weighted by Crippen LogP contribution is 2.21. The molecule has 3 heterocycles. The number of benzene rings is 2. The van der Waals surface area contributed by atoms with Gasteiger partial charge in [0.05, 0.1) is 19.0 Å². The lowest BCUT2D eigenvalue weighted by Crippen LogP contribution is -2.46. The van der Waals surface area contributed by atoms with Crippen LogP contribution in [-0.2, 0) is 6.54 Å². The van der Waals surface area contributed by atoms with E-state index < -0.39 is 11.6 Å². The average molecular weight is 576 g/mol. The smallest absolute Gasteiger partial charge is 0.257 e. The predicted octanol–water partition coefficient (Wildman–Crippen LogP) is 4.17. The Kier molecular flexibility index (Phi) is 8.91. The maximum Gasteiger partial charge on any atom is 0.257 e. The van der Waals surface area contributed by atoms with Crippen LogP contribution in [0.15, 0.2) is 54.7 Å². The number of methoxy groups -OCH3 is 1. The summed E-state index contributed by atoms with van der Waals surface area (Å²) in [6, 6.07) is 11.5. The van der Waals surface area contributed by atoms with Crippen LogP contribution in [0.2, 0.25) is 0 Å². The third-order valence-corrected chi connectivity index (χ3v) is 7.10. The minimum absolute atomic E-state index is 0.424. The van der Waals surface area contributed by atoms with Crippen LogP contribution in [0.4, 0.5) is 26.4 Å². The van der Waals surface area contributed by atoms with E-state index >= 15 is 0 Å². The summed E-state index contributed by atoms with van der Waals surface area (Å²) in [7, 11) is 5.41. The van der Waals surface area contributed by atoms with E-state index in [-0.39, 0.29) is 0 Å². The Morgan fingerprint density at radius 1 is 0.976 bits per heavy atom. The summed E-state index contributed by atoms with van der Waals surface area (Å²) in [5.74, 6) is 1.09. The third-order valence-electron chi connectivity index (χ3n) is 7.10. The lowest BCUT2D eigenvalue weighted by Gasteiger charge is -2.35. The highest BCUT2D eigenvalue weighted by molar-refractivity contribution is 5.52. The van der Waals surface area contributed by atoms with Crippen molar-refractivity contribution in [2.24, 2.45) is 0 Å². The first kappa shape index (κ1) is 28.9. The number of aromatic nitrogens is 5. The minimum Gasteiger partial charge on any atom is -0.497 e. The summed E-state index contributed by atoms with van der Waals surface area (Å²) in [6.07, 6.45) is 5.95. The maximum atomic E-state index is 13.6. The van der Waals surface area contributed by atoms with Crippen molar-refractivity contribution in [1.82, 2.24) is 29.6 Å². The van der Waals surface area contributed by atoms with Gasteiger partial charge in [-0.2, -0.15) is 20.1 Å². The lowest BCUT2D eigenvalue weighted by molar-refractivity contribution is 0.284. The molecule has 1 fully saturated rings. The molecule has 0 radical (unpaired) electrons. The number of anilines is 3. The zero-order valence-electron chi connectivity index (χ0n) is 24.3. The molecule has 1 N–H and O–H groups in total. The first-order valence-electron chi connectivity index (χ1n) is 13.7. The van der Waals surface area contributed by atoms with Crippen LogP contribution in [0.5, 0.6) is 5.75 Å². The Hall–Kier alpha value is -4.58. The highest BCUT2D eigenvalue weighted by Gasteiger charge is 2.18. The third kappa shape index (κ3) is 7.00. The summed E-state index contributed by atoms with van der Waals surface area (Å²) >= 11 is 0. The van der Waals surface area contributed by atoms with Crippen LogP contribution in [0.25, 0.3) is 12.0 Å². The molecule has 42 heavy (non-hydrogen) atoms. The van der Waals surface area contributed by atoms with E-state index in [0.717, 1.165) is 48.3 Å². The predicted molar refractivity (Wildman–Crippen MR) is 160 cm³/mol. The molecule has 0 unspecified atom stereocenters. The van der Waals surface area contributed by atoms with Gasteiger partial charge in [0, 0.05) is 70.7 Å². The van der Waals surface area contributed by atoms with E-state index in [1.54, 1.807) is 18.0 Å². The fourth-order valence-corrected chi connectivity index (χ4v) is 4.68. The van der Waals surface area contributed by atoms with E-state index in [0.29, 0.717) is 43.2 Å². The first-order valence-corrected chi connectivity index (χ1v) is 13.7. The number of nitrogens with one attached hydrogen (secondary N) is 1. The van der Waals surface area contributed by atoms with Crippen molar-refractivity contribution < 1.29 is 13.5 Å².